The van der Waals surface area contributed by atoms with Crippen molar-refractivity contribution < 1.29 is 0 Å². The van der Waals surface area contributed by atoms with Crippen molar-refractivity contribution in [3.8, 4) is 0 Å². The first-order valence-electron chi connectivity index (χ1n) is 7.01. The van der Waals surface area contributed by atoms with E-state index in [9.17, 15) is 0 Å². The van der Waals surface area contributed by atoms with Crippen LogP contribution in [0.2, 0.25) is 5.02 Å². The molecule has 0 amide bonds. The summed E-state index contributed by atoms with van der Waals surface area (Å²) >= 11 is 6.06. The Kier molecular flexibility index (Phi) is 4.36. The van der Waals surface area contributed by atoms with E-state index in [1.165, 1.54) is 12.8 Å². The third-order valence-electron chi connectivity index (χ3n) is 4.18. The van der Waals surface area contributed by atoms with Crippen LogP contribution in [0.3, 0.4) is 0 Å². The van der Waals surface area contributed by atoms with E-state index < -0.39 is 0 Å². The van der Waals surface area contributed by atoms with Gasteiger partial charge < -0.3 is 10.6 Å². The lowest BCUT2D eigenvalue weighted by Gasteiger charge is -2.39. The van der Waals surface area contributed by atoms with Gasteiger partial charge in [-0.05, 0) is 35.8 Å². The van der Waals surface area contributed by atoms with Crippen LogP contribution in [0.4, 0.5) is 5.82 Å². The summed E-state index contributed by atoms with van der Waals surface area (Å²) in [5, 5.41) is 0.663. The van der Waals surface area contributed by atoms with Crippen molar-refractivity contribution in [2.24, 2.45) is 17.1 Å². The lowest BCUT2D eigenvalue weighted by molar-refractivity contribution is 0.198. The molecule has 0 unspecified atom stereocenters. The summed E-state index contributed by atoms with van der Waals surface area (Å²) in [5.41, 5.74) is 7.08. The van der Waals surface area contributed by atoms with E-state index >= 15 is 0 Å². The summed E-state index contributed by atoms with van der Waals surface area (Å²) in [6.07, 6.45) is 4.17. The molecule has 0 bridgehead atoms. The molecule has 0 saturated carbocycles. The Morgan fingerprint density at radius 1 is 1.37 bits per heavy atom. The molecule has 19 heavy (non-hydrogen) atoms. The van der Waals surface area contributed by atoms with Crippen LogP contribution in [-0.2, 0) is 6.54 Å². The van der Waals surface area contributed by atoms with Crippen molar-refractivity contribution in [2.45, 2.75) is 40.2 Å². The summed E-state index contributed by atoms with van der Waals surface area (Å²) in [4.78, 5) is 6.78. The average Bonchev–Trinajstić information content (AvgIpc) is 2.38. The Labute approximate surface area is 121 Å². The number of nitrogens with zero attached hydrogens (tertiary/aromatic N) is 2. The second-order valence-electron chi connectivity index (χ2n) is 6.47. The fourth-order valence-corrected chi connectivity index (χ4v) is 2.95. The first kappa shape index (κ1) is 14.6. The maximum absolute atomic E-state index is 6.06. The molecule has 4 heteroatoms. The van der Waals surface area contributed by atoms with Crippen LogP contribution in [-0.4, -0.2) is 18.1 Å². The van der Waals surface area contributed by atoms with Crippen LogP contribution < -0.4 is 10.6 Å². The van der Waals surface area contributed by atoms with Crippen LogP contribution in [0.25, 0.3) is 0 Å². The minimum absolute atomic E-state index is 0.405. The molecule has 106 valence electrons. The van der Waals surface area contributed by atoms with E-state index in [4.69, 9.17) is 17.3 Å². The van der Waals surface area contributed by atoms with Gasteiger partial charge in [0.2, 0.25) is 0 Å². The molecule has 0 atom stereocenters. The number of rotatable bonds is 2. The van der Waals surface area contributed by atoms with Crippen molar-refractivity contribution in [1.82, 2.24) is 4.98 Å². The van der Waals surface area contributed by atoms with Crippen LogP contribution in [0, 0.1) is 11.3 Å². The van der Waals surface area contributed by atoms with Gasteiger partial charge in [-0.15, -0.1) is 0 Å². The highest BCUT2D eigenvalue weighted by molar-refractivity contribution is 6.31. The molecule has 1 aromatic rings. The summed E-state index contributed by atoms with van der Waals surface area (Å²) in [6, 6.07) is 2.03. The van der Waals surface area contributed by atoms with E-state index in [-0.39, 0.29) is 0 Å². The second-order valence-corrected chi connectivity index (χ2v) is 6.87. The maximum atomic E-state index is 6.06. The molecule has 0 radical (unpaired) electrons. The van der Waals surface area contributed by atoms with Crippen molar-refractivity contribution in [3.63, 3.8) is 0 Å². The largest absolute Gasteiger partial charge is 0.357 e. The fourth-order valence-electron chi connectivity index (χ4n) is 2.77. The lowest BCUT2D eigenvalue weighted by Crippen LogP contribution is -2.38. The zero-order chi connectivity index (χ0) is 14.0. The number of nitrogens with two attached hydrogens (primary N) is 1. The van der Waals surface area contributed by atoms with Gasteiger partial charge in [0.1, 0.15) is 5.82 Å². The number of hydrogen-bond acceptors (Lipinski definition) is 3. The number of pyridine rings is 1. The molecule has 0 aliphatic carbocycles. The number of piperidine rings is 1. The van der Waals surface area contributed by atoms with Gasteiger partial charge in [0.25, 0.3) is 0 Å². The third kappa shape index (κ3) is 3.40. The number of aromatic nitrogens is 1. The van der Waals surface area contributed by atoms with Crippen molar-refractivity contribution in [1.29, 1.82) is 0 Å². The van der Waals surface area contributed by atoms with Gasteiger partial charge in [0.15, 0.2) is 0 Å². The van der Waals surface area contributed by atoms with Gasteiger partial charge in [-0.25, -0.2) is 4.98 Å². The summed E-state index contributed by atoms with van der Waals surface area (Å²) in [6.45, 7) is 9.61. The molecular weight excluding hydrogens is 258 g/mol. The smallest absolute Gasteiger partial charge is 0.128 e. The Bertz CT molecular complexity index is 432. The van der Waals surface area contributed by atoms with Crippen molar-refractivity contribution in [3.05, 3.63) is 22.8 Å². The predicted octanol–water partition coefficient (Wildman–Crippen LogP) is 3.46. The zero-order valence-corrected chi connectivity index (χ0v) is 12.9. The Morgan fingerprint density at radius 3 is 2.53 bits per heavy atom. The lowest BCUT2D eigenvalue weighted by atomic mass is 9.75. The molecule has 1 fully saturated rings. The summed E-state index contributed by atoms with van der Waals surface area (Å²) < 4.78 is 0. The quantitative estimate of drug-likeness (QED) is 0.903. The Balaban J connectivity index is 2.05. The minimum Gasteiger partial charge on any atom is -0.357 e. The zero-order valence-electron chi connectivity index (χ0n) is 12.1. The predicted molar refractivity (Wildman–Crippen MR) is 81.5 cm³/mol. The normalized spacial score (nSPS) is 17.8. The minimum atomic E-state index is 0.405. The molecule has 1 aliphatic rings. The van der Waals surface area contributed by atoms with Crippen LogP contribution >= 0.6 is 11.6 Å². The molecule has 1 aromatic heterocycles. The Hall–Kier alpha value is -0.800. The first-order chi connectivity index (χ1) is 8.91. The highest BCUT2D eigenvalue weighted by Gasteiger charge is 2.29. The van der Waals surface area contributed by atoms with Gasteiger partial charge in [0, 0.05) is 25.8 Å². The van der Waals surface area contributed by atoms with Gasteiger partial charge in [-0.3, -0.25) is 0 Å². The number of anilines is 1. The maximum Gasteiger partial charge on any atom is 0.128 e. The SMILES string of the molecule is CC(C)(C)C1CCN(c2cc(CN)c(Cl)cn2)CC1. The first-order valence-corrected chi connectivity index (χ1v) is 7.39. The molecule has 2 heterocycles. The summed E-state index contributed by atoms with van der Waals surface area (Å²) in [5.74, 6) is 1.81. The third-order valence-corrected chi connectivity index (χ3v) is 4.52. The number of halogens is 1. The van der Waals surface area contributed by atoms with Gasteiger partial charge in [0.05, 0.1) is 5.02 Å². The molecule has 1 saturated heterocycles. The molecule has 0 aromatic carbocycles. The molecule has 2 N–H and O–H groups in total. The van der Waals surface area contributed by atoms with E-state index in [1.807, 2.05) is 6.07 Å². The standard InChI is InChI=1S/C15H24ClN3/c1-15(2,3)12-4-6-19(7-5-12)14-8-11(9-17)13(16)10-18-14/h8,10,12H,4-7,9,17H2,1-3H3. The molecule has 1 aliphatic heterocycles. The molecule has 2 rings (SSSR count). The Morgan fingerprint density at radius 2 is 2.00 bits per heavy atom. The highest BCUT2D eigenvalue weighted by Crippen LogP contribution is 2.35. The second kappa shape index (κ2) is 5.68. The van der Waals surface area contributed by atoms with Crippen LogP contribution in [0.5, 0.6) is 0 Å². The summed E-state index contributed by atoms with van der Waals surface area (Å²) in [7, 11) is 0. The van der Waals surface area contributed by atoms with Crippen molar-refractivity contribution >= 4 is 17.4 Å². The van der Waals surface area contributed by atoms with Crippen LogP contribution in [0.15, 0.2) is 12.3 Å². The van der Waals surface area contributed by atoms with Gasteiger partial charge in [-0.2, -0.15) is 0 Å². The molecule has 3 nitrogen and oxygen atoms in total. The topological polar surface area (TPSA) is 42.1 Å². The molecular formula is C15H24ClN3. The monoisotopic (exact) mass is 281 g/mol. The van der Waals surface area contributed by atoms with E-state index in [0.29, 0.717) is 17.0 Å². The van der Waals surface area contributed by atoms with E-state index in [0.717, 1.165) is 30.4 Å². The van der Waals surface area contributed by atoms with Gasteiger partial charge >= 0.3 is 0 Å². The number of hydrogen-bond donors (Lipinski definition) is 1. The molecule has 0 spiro atoms. The van der Waals surface area contributed by atoms with E-state index in [2.05, 4.69) is 30.7 Å². The van der Waals surface area contributed by atoms with Crippen molar-refractivity contribution in [2.75, 3.05) is 18.0 Å². The van der Waals surface area contributed by atoms with E-state index in [1.54, 1.807) is 6.20 Å². The fraction of sp³-hybridized carbons (Fsp3) is 0.667. The van der Waals surface area contributed by atoms with Crippen LogP contribution in [0.1, 0.15) is 39.2 Å². The highest BCUT2D eigenvalue weighted by atomic mass is 35.5. The average molecular weight is 282 g/mol. The van der Waals surface area contributed by atoms with Gasteiger partial charge in [-0.1, -0.05) is 32.4 Å².